The van der Waals surface area contributed by atoms with Gasteiger partial charge in [0.2, 0.25) is 5.91 Å². The van der Waals surface area contributed by atoms with Gasteiger partial charge in [0.1, 0.15) is 11.5 Å². The third kappa shape index (κ3) is 4.35. The molecule has 0 radical (unpaired) electrons. The molecule has 0 aliphatic heterocycles. The van der Waals surface area contributed by atoms with E-state index in [1.807, 2.05) is 42.6 Å². The summed E-state index contributed by atoms with van der Waals surface area (Å²) in [5.74, 6) is 1.68. The number of hydrogen-bond donors (Lipinski definition) is 2. The lowest BCUT2D eigenvalue weighted by atomic mass is 9.90. The van der Waals surface area contributed by atoms with Crippen LogP contribution in [0.3, 0.4) is 0 Å². The Bertz CT molecular complexity index is 1070. The van der Waals surface area contributed by atoms with Gasteiger partial charge in [0.05, 0.1) is 13.4 Å². The van der Waals surface area contributed by atoms with E-state index in [-0.39, 0.29) is 11.8 Å². The number of benzene rings is 2. The number of amides is 1. The number of carbonyl (C=O) groups excluding carboxylic acids is 1. The van der Waals surface area contributed by atoms with Crippen molar-refractivity contribution >= 4 is 16.8 Å². The minimum Gasteiger partial charge on any atom is -0.497 e. The zero-order chi connectivity index (χ0) is 20.1. The lowest BCUT2D eigenvalue weighted by Gasteiger charge is -2.18. The molecule has 148 valence electrons. The molecule has 2 heterocycles. The van der Waals surface area contributed by atoms with E-state index in [0.717, 1.165) is 33.5 Å². The number of aromatic amines is 1. The number of nitrogens with one attached hydrogen (secondary N) is 2. The number of furan rings is 1. The molecular weight excluding hydrogens is 364 g/mol. The third-order valence-corrected chi connectivity index (χ3v) is 5.20. The fourth-order valence-corrected chi connectivity index (χ4v) is 3.62. The number of ether oxygens (including phenoxy) is 1. The minimum atomic E-state index is 0.0137. The largest absolute Gasteiger partial charge is 0.497 e. The summed E-state index contributed by atoms with van der Waals surface area (Å²) in [5.41, 5.74) is 3.38. The number of H-pyrrole nitrogens is 1. The van der Waals surface area contributed by atoms with Gasteiger partial charge in [0.15, 0.2) is 0 Å². The summed E-state index contributed by atoms with van der Waals surface area (Å²) in [7, 11) is 1.66. The number of fused-ring (bicyclic) bond motifs is 1. The molecule has 0 aliphatic rings. The number of rotatable bonds is 8. The maximum Gasteiger partial charge on any atom is 0.220 e. The number of methoxy groups -OCH3 is 1. The highest BCUT2D eigenvalue weighted by Crippen LogP contribution is 2.31. The van der Waals surface area contributed by atoms with Gasteiger partial charge in [-0.3, -0.25) is 4.79 Å². The standard InChI is InChI=1S/C24H24N2O3/c1-28-18-10-8-17(9-11-18)21(22-16-25-23-7-3-2-6-20(22)23)15-26-24(27)13-12-19-5-4-14-29-19/h2-11,14,16,21,25H,12-13,15H2,1H3,(H,26,27)/t21-/m1/s1. The SMILES string of the molecule is COc1ccc([C@@H](CNC(=O)CCc2ccco2)c2c[nH]c3ccccc23)cc1. The van der Waals surface area contributed by atoms with Crippen LogP contribution in [0, 0.1) is 0 Å². The molecule has 0 fully saturated rings. The molecule has 0 unspecified atom stereocenters. The Labute approximate surface area is 169 Å². The van der Waals surface area contributed by atoms with Gasteiger partial charge in [-0.15, -0.1) is 0 Å². The van der Waals surface area contributed by atoms with Crippen molar-refractivity contribution in [3.63, 3.8) is 0 Å². The maximum absolute atomic E-state index is 12.4. The van der Waals surface area contributed by atoms with Crippen LogP contribution in [0.2, 0.25) is 0 Å². The van der Waals surface area contributed by atoms with Crippen molar-refractivity contribution in [1.29, 1.82) is 0 Å². The van der Waals surface area contributed by atoms with Crippen LogP contribution in [0.1, 0.15) is 29.2 Å². The predicted octanol–water partition coefficient (Wildman–Crippen LogP) is 4.65. The lowest BCUT2D eigenvalue weighted by molar-refractivity contribution is -0.121. The Hall–Kier alpha value is -3.47. The summed E-state index contributed by atoms with van der Waals surface area (Å²) < 4.78 is 10.6. The molecule has 1 amide bonds. The van der Waals surface area contributed by atoms with Crippen molar-refractivity contribution in [2.24, 2.45) is 0 Å². The Kier molecular flexibility index (Phi) is 5.66. The summed E-state index contributed by atoms with van der Waals surface area (Å²) >= 11 is 0. The second kappa shape index (κ2) is 8.69. The van der Waals surface area contributed by atoms with E-state index < -0.39 is 0 Å². The summed E-state index contributed by atoms with van der Waals surface area (Å²) in [6.45, 7) is 0.519. The molecule has 0 aliphatic carbocycles. The van der Waals surface area contributed by atoms with Gasteiger partial charge in [-0.2, -0.15) is 0 Å². The van der Waals surface area contributed by atoms with Gasteiger partial charge in [-0.25, -0.2) is 0 Å². The molecule has 2 N–H and O–H groups in total. The van der Waals surface area contributed by atoms with E-state index in [2.05, 4.69) is 34.6 Å². The molecule has 0 saturated carbocycles. The summed E-state index contributed by atoms with van der Waals surface area (Å²) in [6.07, 6.45) is 4.66. The van der Waals surface area contributed by atoms with Gasteiger partial charge < -0.3 is 19.5 Å². The molecule has 4 rings (SSSR count). The number of aromatic nitrogens is 1. The van der Waals surface area contributed by atoms with E-state index >= 15 is 0 Å². The van der Waals surface area contributed by atoms with Crippen molar-refractivity contribution in [2.45, 2.75) is 18.8 Å². The van der Waals surface area contributed by atoms with Crippen LogP contribution in [-0.2, 0) is 11.2 Å². The van der Waals surface area contributed by atoms with E-state index in [1.165, 1.54) is 0 Å². The molecule has 29 heavy (non-hydrogen) atoms. The zero-order valence-electron chi connectivity index (χ0n) is 16.4. The topological polar surface area (TPSA) is 67.3 Å². The Morgan fingerprint density at radius 1 is 1.10 bits per heavy atom. The Morgan fingerprint density at radius 3 is 2.69 bits per heavy atom. The highest BCUT2D eigenvalue weighted by Gasteiger charge is 2.19. The van der Waals surface area contributed by atoms with Crippen LogP contribution >= 0.6 is 0 Å². The van der Waals surface area contributed by atoms with Gasteiger partial charge in [-0.1, -0.05) is 30.3 Å². The second-order valence-corrected chi connectivity index (χ2v) is 7.00. The van der Waals surface area contributed by atoms with Crippen molar-refractivity contribution in [2.75, 3.05) is 13.7 Å². The first-order chi connectivity index (χ1) is 14.2. The lowest BCUT2D eigenvalue weighted by Crippen LogP contribution is -2.29. The average molecular weight is 388 g/mol. The first-order valence-corrected chi connectivity index (χ1v) is 9.73. The van der Waals surface area contributed by atoms with Crippen molar-refractivity contribution in [1.82, 2.24) is 10.3 Å². The van der Waals surface area contributed by atoms with E-state index in [9.17, 15) is 4.79 Å². The number of aryl methyl sites for hydroxylation is 1. The molecule has 2 aromatic heterocycles. The fourth-order valence-electron chi connectivity index (χ4n) is 3.62. The average Bonchev–Trinajstić information content (AvgIpc) is 3.43. The van der Waals surface area contributed by atoms with Crippen molar-refractivity contribution < 1.29 is 13.9 Å². The third-order valence-electron chi connectivity index (χ3n) is 5.20. The molecular formula is C24H24N2O3. The first-order valence-electron chi connectivity index (χ1n) is 9.73. The number of carbonyl (C=O) groups is 1. The van der Waals surface area contributed by atoms with Gasteiger partial charge in [0, 0.05) is 42.4 Å². The van der Waals surface area contributed by atoms with Crippen LogP contribution < -0.4 is 10.1 Å². The fraction of sp³-hybridized carbons (Fsp3) is 0.208. The van der Waals surface area contributed by atoms with E-state index in [4.69, 9.17) is 9.15 Å². The molecule has 2 aromatic carbocycles. The number of para-hydroxylation sites is 1. The highest BCUT2D eigenvalue weighted by atomic mass is 16.5. The van der Waals surface area contributed by atoms with E-state index in [1.54, 1.807) is 13.4 Å². The summed E-state index contributed by atoms with van der Waals surface area (Å²) in [5, 5.41) is 4.26. The predicted molar refractivity (Wildman–Crippen MR) is 113 cm³/mol. The van der Waals surface area contributed by atoms with Gasteiger partial charge in [-0.05, 0) is 41.5 Å². The van der Waals surface area contributed by atoms with E-state index in [0.29, 0.717) is 19.4 Å². The molecule has 0 saturated heterocycles. The van der Waals surface area contributed by atoms with Crippen LogP contribution in [-0.4, -0.2) is 24.5 Å². The minimum absolute atomic E-state index is 0.0137. The Morgan fingerprint density at radius 2 is 1.93 bits per heavy atom. The van der Waals surface area contributed by atoms with Crippen molar-refractivity contribution in [3.8, 4) is 5.75 Å². The molecule has 0 spiro atoms. The van der Waals surface area contributed by atoms with Crippen LogP contribution in [0.4, 0.5) is 0 Å². The normalized spacial score (nSPS) is 12.0. The maximum atomic E-state index is 12.4. The molecule has 0 bridgehead atoms. The summed E-state index contributed by atoms with van der Waals surface area (Å²) in [4.78, 5) is 15.8. The molecule has 5 heteroatoms. The smallest absolute Gasteiger partial charge is 0.220 e. The summed E-state index contributed by atoms with van der Waals surface area (Å²) in [6, 6.07) is 20.0. The second-order valence-electron chi connectivity index (χ2n) is 7.00. The monoisotopic (exact) mass is 388 g/mol. The van der Waals surface area contributed by atoms with Crippen LogP contribution in [0.15, 0.2) is 77.5 Å². The van der Waals surface area contributed by atoms with Crippen molar-refractivity contribution in [3.05, 3.63) is 90.0 Å². The van der Waals surface area contributed by atoms with Crippen LogP contribution in [0.5, 0.6) is 5.75 Å². The quantitative estimate of drug-likeness (QED) is 0.462. The Balaban J connectivity index is 1.54. The highest BCUT2D eigenvalue weighted by molar-refractivity contribution is 5.84. The van der Waals surface area contributed by atoms with Crippen LogP contribution in [0.25, 0.3) is 10.9 Å². The molecule has 1 atom stereocenters. The molecule has 5 nitrogen and oxygen atoms in total. The number of hydrogen-bond acceptors (Lipinski definition) is 3. The van der Waals surface area contributed by atoms with Gasteiger partial charge >= 0.3 is 0 Å². The molecule has 4 aromatic rings. The zero-order valence-corrected chi connectivity index (χ0v) is 16.4. The van der Waals surface area contributed by atoms with Gasteiger partial charge in [0.25, 0.3) is 0 Å². The first kappa shape index (κ1) is 18.9.